The third-order valence-electron chi connectivity index (χ3n) is 2.37. The Hall–Kier alpha value is -1.80. The normalized spacial score (nSPS) is 11.6. The van der Waals surface area contributed by atoms with Crippen molar-refractivity contribution in [2.75, 3.05) is 12.8 Å². The Morgan fingerprint density at radius 3 is 2.83 bits per heavy atom. The molecule has 0 radical (unpaired) electrons. The van der Waals surface area contributed by atoms with Crippen molar-refractivity contribution in [1.29, 1.82) is 0 Å². The van der Waals surface area contributed by atoms with Gasteiger partial charge in [0.25, 0.3) is 0 Å². The Kier molecular flexibility index (Phi) is 3.68. The lowest BCUT2D eigenvalue weighted by Gasteiger charge is -2.01. The second kappa shape index (κ2) is 5.23. The van der Waals surface area contributed by atoms with Gasteiger partial charge in [-0.05, 0) is 19.2 Å². The lowest BCUT2D eigenvalue weighted by molar-refractivity contribution is 0.568. The number of pyridine rings is 1. The van der Waals surface area contributed by atoms with Gasteiger partial charge in [0.1, 0.15) is 5.69 Å². The summed E-state index contributed by atoms with van der Waals surface area (Å²) in [6, 6.07) is 5.49. The first kappa shape index (κ1) is 12.7. The Balaban J connectivity index is 2.08. The van der Waals surface area contributed by atoms with Crippen molar-refractivity contribution in [1.82, 2.24) is 24.7 Å². The molecule has 0 amide bonds. The molecular formula is C10H13N5O2S. The molecule has 8 heteroatoms. The van der Waals surface area contributed by atoms with Crippen molar-refractivity contribution in [3.05, 3.63) is 30.6 Å². The first-order chi connectivity index (χ1) is 8.61. The fraction of sp³-hybridized carbons (Fsp3) is 0.300. The standard InChI is InChI=1S/C10H13N5O2S/c1-11-18(16,17)7-6-15-8-10(13-14-15)9-4-2-3-5-12-9/h2-5,8,11H,6-7H2,1H3. The number of aryl methyl sites for hydroxylation is 1. The maximum Gasteiger partial charge on any atom is 0.213 e. The molecule has 0 aliphatic heterocycles. The fourth-order valence-corrected chi connectivity index (χ4v) is 1.99. The molecule has 1 N–H and O–H groups in total. The van der Waals surface area contributed by atoms with E-state index in [1.54, 1.807) is 12.4 Å². The molecule has 0 saturated carbocycles. The molecule has 0 saturated heterocycles. The van der Waals surface area contributed by atoms with Crippen LogP contribution in [-0.2, 0) is 16.6 Å². The minimum atomic E-state index is -3.23. The lowest BCUT2D eigenvalue weighted by atomic mass is 10.3. The van der Waals surface area contributed by atoms with Crippen LogP contribution in [0.15, 0.2) is 30.6 Å². The van der Waals surface area contributed by atoms with Crippen molar-refractivity contribution >= 4 is 10.0 Å². The summed E-state index contributed by atoms with van der Waals surface area (Å²) in [5, 5.41) is 7.81. The number of sulfonamides is 1. The molecule has 0 fully saturated rings. The minimum absolute atomic E-state index is 0.0332. The van der Waals surface area contributed by atoms with Gasteiger partial charge in [-0.15, -0.1) is 5.10 Å². The van der Waals surface area contributed by atoms with Crippen LogP contribution in [0.4, 0.5) is 0 Å². The highest BCUT2D eigenvalue weighted by molar-refractivity contribution is 7.89. The number of rotatable bonds is 5. The monoisotopic (exact) mass is 267 g/mol. The van der Waals surface area contributed by atoms with Crippen molar-refractivity contribution < 1.29 is 8.42 Å². The zero-order valence-corrected chi connectivity index (χ0v) is 10.6. The number of aromatic nitrogens is 4. The van der Waals surface area contributed by atoms with Gasteiger partial charge in [0.15, 0.2) is 0 Å². The van der Waals surface area contributed by atoms with Crippen LogP contribution in [0.1, 0.15) is 0 Å². The average Bonchev–Trinajstić information content (AvgIpc) is 2.86. The molecule has 2 aromatic rings. The van der Waals surface area contributed by atoms with Crippen LogP contribution >= 0.6 is 0 Å². The molecule has 2 aromatic heterocycles. The topological polar surface area (TPSA) is 89.8 Å². The molecular weight excluding hydrogens is 254 g/mol. The van der Waals surface area contributed by atoms with Gasteiger partial charge < -0.3 is 0 Å². The summed E-state index contributed by atoms with van der Waals surface area (Å²) in [6.07, 6.45) is 3.34. The third kappa shape index (κ3) is 3.11. The smallest absolute Gasteiger partial charge is 0.213 e. The largest absolute Gasteiger partial charge is 0.254 e. The Bertz CT molecular complexity index is 608. The summed E-state index contributed by atoms with van der Waals surface area (Å²) in [7, 11) is -1.84. The van der Waals surface area contributed by atoms with Crippen LogP contribution in [0, 0.1) is 0 Å². The number of hydrogen-bond acceptors (Lipinski definition) is 5. The predicted octanol–water partition coefficient (Wildman–Crippen LogP) is -0.111. The molecule has 2 rings (SSSR count). The van der Waals surface area contributed by atoms with E-state index in [0.717, 1.165) is 0 Å². The first-order valence-corrected chi connectivity index (χ1v) is 6.99. The van der Waals surface area contributed by atoms with Crippen LogP contribution in [0.25, 0.3) is 11.4 Å². The predicted molar refractivity (Wildman–Crippen MR) is 66.1 cm³/mol. The van der Waals surface area contributed by atoms with E-state index in [1.807, 2.05) is 18.2 Å². The van der Waals surface area contributed by atoms with Gasteiger partial charge in [0.2, 0.25) is 10.0 Å². The number of nitrogens with one attached hydrogen (secondary N) is 1. The molecule has 0 aliphatic rings. The molecule has 2 heterocycles. The molecule has 0 spiro atoms. The molecule has 0 atom stereocenters. The van der Waals surface area contributed by atoms with Gasteiger partial charge in [-0.2, -0.15) is 0 Å². The summed E-state index contributed by atoms with van der Waals surface area (Å²) < 4.78 is 26.3. The zero-order chi connectivity index (χ0) is 13.0. The highest BCUT2D eigenvalue weighted by Gasteiger charge is 2.09. The maximum atomic E-state index is 11.3. The van der Waals surface area contributed by atoms with Crippen LogP contribution in [-0.4, -0.2) is 41.2 Å². The van der Waals surface area contributed by atoms with Crippen LogP contribution in [0.5, 0.6) is 0 Å². The van der Waals surface area contributed by atoms with E-state index in [2.05, 4.69) is 20.0 Å². The van der Waals surface area contributed by atoms with E-state index in [9.17, 15) is 8.42 Å². The first-order valence-electron chi connectivity index (χ1n) is 5.33. The van der Waals surface area contributed by atoms with Gasteiger partial charge in [0, 0.05) is 6.20 Å². The zero-order valence-electron chi connectivity index (χ0n) is 9.81. The Morgan fingerprint density at radius 2 is 2.17 bits per heavy atom. The van der Waals surface area contributed by atoms with Crippen LogP contribution in [0.2, 0.25) is 0 Å². The second-order valence-electron chi connectivity index (χ2n) is 3.60. The maximum absolute atomic E-state index is 11.3. The SMILES string of the molecule is CNS(=O)(=O)CCn1cc(-c2ccccn2)nn1. The van der Waals surface area contributed by atoms with Gasteiger partial charge in [-0.25, -0.2) is 13.1 Å². The summed E-state index contributed by atoms with van der Waals surface area (Å²) in [4.78, 5) is 4.14. The van der Waals surface area contributed by atoms with Crippen molar-refractivity contribution in [2.24, 2.45) is 0 Å². The molecule has 96 valence electrons. The van der Waals surface area contributed by atoms with Gasteiger partial charge in [0.05, 0.1) is 24.2 Å². The van der Waals surface area contributed by atoms with Gasteiger partial charge >= 0.3 is 0 Å². The summed E-state index contributed by atoms with van der Waals surface area (Å²) >= 11 is 0. The van der Waals surface area contributed by atoms with Crippen molar-refractivity contribution in [2.45, 2.75) is 6.54 Å². The summed E-state index contributed by atoms with van der Waals surface area (Å²) in [5.74, 6) is -0.0332. The van der Waals surface area contributed by atoms with E-state index in [-0.39, 0.29) is 12.3 Å². The van der Waals surface area contributed by atoms with E-state index in [4.69, 9.17) is 0 Å². The number of nitrogens with zero attached hydrogens (tertiary/aromatic N) is 4. The quantitative estimate of drug-likeness (QED) is 0.816. The molecule has 0 unspecified atom stereocenters. The highest BCUT2D eigenvalue weighted by atomic mass is 32.2. The minimum Gasteiger partial charge on any atom is -0.254 e. The molecule has 7 nitrogen and oxygen atoms in total. The van der Waals surface area contributed by atoms with Gasteiger partial charge in [-0.1, -0.05) is 11.3 Å². The van der Waals surface area contributed by atoms with E-state index < -0.39 is 10.0 Å². The fourth-order valence-electron chi connectivity index (χ4n) is 1.36. The van der Waals surface area contributed by atoms with Crippen LogP contribution in [0.3, 0.4) is 0 Å². The summed E-state index contributed by atoms with van der Waals surface area (Å²) in [5.41, 5.74) is 1.33. The van der Waals surface area contributed by atoms with Crippen molar-refractivity contribution in [3.8, 4) is 11.4 Å². The molecule has 0 aliphatic carbocycles. The summed E-state index contributed by atoms with van der Waals surface area (Å²) in [6.45, 7) is 0.253. The highest BCUT2D eigenvalue weighted by Crippen LogP contribution is 2.11. The van der Waals surface area contributed by atoms with E-state index in [0.29, 0.717) is 11.4 Å². The lowest BCUT2D eigenvalue weighted by Crippen LogP contribution is -2.24. The number of hydrogen-bond donors (Lipinski definition) is 1. The third-order valence-corrected chi connectivity index (χ3v) is 3.71. The average molecular weight is 267 g/mol. The Labute approximate surface area is 105 Å². The molecule has 18 heavy (non-hydrogen) atoms. The second-order valence-corrected chi connectivity index (χ2v) is 5.65. The van der Waals surface area contributed by atoms with Crippen molar-refractivity contribution in [3.63, 3.8) is 0 Å². The molecule has 0 aromatic carbocycles. The Morgan fingerprint density at radius 1 is 1.33 bits per heavy atom. The van der Waals surface area contributed by atoms with E-state index in [1.165, 1.54) is 11.7 Å². The van der Waals surface area contributed by atoms with Gasteiger partial charge in [-0.3, -0.25) is 9.67 Å². The van der Waals surface area contributed by atoms with Crippen LogP contribution < -0.4 is 4.72 Å². The molecule has 0 bridgehead atoms. The van der Waals surface area contributed by atoms with E-state index >= 15 is 0 Å².